The van der Waals surface area contributed by atoms with Crippen molar-refractivity contribution in [2.45, 2.75) is 26.3 Å². The van der Waals surface area contributed by atoms with Gasteiger partial charge in [0.2, 0.25) is 0 Å². The molecule has 3 heteroatoms. The molecule has 0 spiro atoms. The summed E-state index contributed by atoms with van der Waals surface area (Å²) in [6.45, 7) is 5.47. The van der Waals surface area contributed by atoms with Crippen LogP contribution in [0.2, 0.25) is 0 Å². The van der Waals surface area contributed by atoms with Crippen LogP contribution in [0.15, 0.2) is 30.3 Å². The Morgan fingerprint density at radius 2 is 2.20 bits per heavy atom. The van der Waals surface area contributed by atoms with E-state index >= 15 is 0 Å². The summed E-state index contributed by atoms with van der Waals surface area (Å²) in [5.74, 6) is 1.97. The number of nitrogens with zero attached hydrogens (tertiary/aromatic N) is 2. The van der Waals surface area contributed by atoms with E-state index in [1.165, 1.54) is 23.8 Å². The van der Waals surface area contributed by atoms with Gasteiger partial charge in [-0.1, -0.05) is 31.5 Å². The highest BCUT2D eigenvalue weighted by Crippen LogP contribution is 2.28. The van der Waals surface area contributed by atoms with Crippen molar-refractivity contribution in [3.05, 3.63) is 35.9 Å². The molecule has 1 aromatic heterocycles. The number of benzene rings is 1. The number of anilines is 1. The van der Waals surface area contributed by atoms with Gasteiger partial charge in [0.25, 0.3) is 0 Å². The molecule has 106 valence electrons. The van der Waals surface area contributed by atoms with Crippen LogP contribution in [-0.2, 0) is 6.54 Å². The number of fused-ring (bicyclic) bond motifs is 1. The zero-order valence-electron chi connectivity index (χ0n) is 12.4. The van der Waals surface area contributed by atoms with Crippen LogP contribution in [0, 0.1) is 5.92 Å². The van der Waals surface area contributed by atoms with E-state index in [0.29, 0.717) is 0 Å². The maximum atomic E-state index is 4.87. The first-order valence-corrected chi connectivity index (χ1v) is 7.60. The van der Waals surface area contributed by atoms with Crippen molar-refractivity contribution >= 4 is 16.7 Å². The van der Waals surface area contributed by atoms with Crippen LogP contribution in [0.25, 0.3) is 10.9 Å². The average molecular weight is 269 g/mol. The predicted molar refractivity (Wildman–Crippen MR) is 85.1 cm³/mol. The number of hydrogen-bond acceptors (Lipinski definition) is 3. The second kappa shape index (κ2) is 5.80. The summed E-state index contributed by atoms with van der Waals surface area (Å²) in [7, 11) is 2.00. The SMILES string of the molecule is CCC1CCN(c2cc(CNC)c3ccccc3n2)C1. The predicted octanol–water partition coefficient (Wildman–Crippen LogP) is 3.19. The highest BCUT2D eigenvalue weighted by molar-refractivity contribution is 5.84. The first-order valence-electron chi connectivity index (χ1n) is 7.60. The van der Waals surface area contributed by atoms with Gasteiger partial charge in [0.15, 0.2) is 0 Å². The van der Waals surface area contributed by atoms with E-state index in [1.807, 2.05) is 7.05 Å². The van der Waals surface area contributed by atoms with E-state index in [0.717, 1.165) is 36.9 Å². The minimum Gasteiger partial charge on any atom is -0.356 e. The standard InChI is InChI=1S/C17H23N3/c1-3-13-8-9-20(12-13)17-10-14(11-18-2)15-6-4-5-7-16(15)19-17/h4-7,10,13,18H,3,8-9,11-12H2,1-2H3. The Bertz CT molecular complexity index is 594. The number of nitrogens with one attached hydrogen (secondary N) is 1. The third kappa shape index (κ3) is 2.50. The summed E-state index contributed by atoms with van der Waals surface area (Å²) in [5.41, 5.74) is 2.45. The molecule has 1 aliphatic heterocycles. The number of rotatable bonds is 4. The summed E-state index contributed by atoms with van der Waals surface area (Å²) in [6, 6.07) is 10.7. The van der Waals surface area contributed by atoms with E-state index < -0.39 is 0 Å². The first-order chi connectivity index (χ1) is 9.81. The van der Waals surface area contributed by atoms with Crippen LogP contribution >= 0.6 is 0 Å². The molecule has 2 heterocycles. The van der Waals surface area contributed by atoms with E-state index in [2.05, 4.69) is 47.5 Å². The highest BCUT2D eigenvalue weighted by atomic mass is 15.2. The zero-order valence-corrected chi connectivity index (χ0v) is 12.4. The molecule has 3 nitrogen and oxygen atoms in total. The molecule has 0 radical (unpaired) electrons. The average Bonchev–Trinajstić information content (AvgIpc) is 2.96. The third-order valence-electron chi connectivity index (χ3n) is 4.34. The van der Waals surface area contributed by atoms with Gasteiger partial charge >= 0.3 is 0 Å². The molecule has 0 saturated carbocycles. The van der Waals surface area contributed by atoms with Crippen LogP contribution in [-0.4, -0.2) is 25.1 Å². The topological polar surface area (TPSA) is 28.2 Å². The molecule has 20 heavy (non-hydrogen) atoms. The molecule has 1 saturated heterocycles. The molecule has 1 unspecified atom stereocenters. The number of aromatic nitrogens is 1. The first kappa shape index (κ1) is 13.4. The fourth-order valence-corrected chi connectivity index (χ4v) is 3.10. The molecule has 1 fully saturated rings. The van der Waals surface area contributed by atoms with Crippen LogP contribution < -0.4 is 10.2 Å². The lowest BCUT2D eigenvalue weighted by atomic mass is 10.1. The lowest BCUT2D eigenvalue weighted by Gasteiger charge is -2.19. The van der Waals surface area contributed by atoms with Crippen molar-refractivity contribution in [1.29, 1.82) is 0 Å². The largest absolute Gasteiger partial charge is 0.356 e. The Kier molecular flexibility index (Phi) is 3.88. The van der Waals surface area contributed by atoms with E-state index in [9.17, 15) is 0 Å². The van der Waals surface area contributed by atoms with E-state index in [4.69, 9.17) is 4.98 Å². The van der Waals surface area contributed by atoms with Gasteiger partial charge in [-0.15, -0.1) is 0 Å². The van der Waals surface area contributed by atoms with Crippen molar-refractivity contribution in [2.24, 2.45) is 5.92 Å². The van der Waals surface area contributed by atoms with Crippen molar-refractivity contribution in [3.8, 4) is 0 Å². The van der Waals surface area contributed by atoms with E-state index in [1.54, 1.807) is 0 Å². The molecule has 0 aliphatic carbocycles. The van der Waals surface area contributed by atoms with Crippen LogP contribution in [0.4, 0.5) is 5.82 Å². The molecular formula is C17H23N3. The number of hydrogen-bond donors (Lipinski definition) is 1. The second-order valence-electron chi connectivity index (χ2n) is 5.70. The van der Waals surface area contributed by atoms with Gasteiger partial charge in [0.1, 0.15) is 5.82 Å². The summed E-state index contributed by atoms with van der Waals surface area (Å²) in [6.07, 6.45) is 2.57. The zero-order chi connectivity index (χ0) is 13.9. The maximum absolute atomic E-state index is 4.87. The summed E-state index contributed by atoms with van der Waals surface area (Å²) in [4.78, 5) is 7.31. The maximum Gasteiger partial charge on any atom is 0.129 e. The fraction of sp³-hybridized carbons (Fsp3) is 0.471. The monoisotopic (exact) mass is 269 g/mol. The van der Waals surface area contributed by atoms with Crippen LogP contribution in [0.3, 0.4) is 0 Å². The highest BCUT2D eigenvalue weighted by Gasteiger charge is 2.22. The Labute approximate surface area is 121 Å². The smallest absolute Gasteiger partial charge is 0.129 e. The molecule has 1 aromatic carbocycles. The molecule has 1 aliphatic rings. The fourth-order valence-electron chi connectivity index (χ4n) is 3.10. The third-order valence-corrected chi connectivity index (χ3v) is 4.34. The van der Waals surface area contributed by atoms with Gasteiger partial charge < -0.3 is 10.2 Å². The summed E-state index contributed by atoms with van der Waals surface area (Å²) >= 11 is 0. The van der Waals surface area contributed by atoms with Gasteiger partial charge in [0.05, 0.1) is 5.52 Å². The van der Waals surface area contributed by atoms with Gasteiger partial charge in [-0.2, -0.15) is 0 Å². The Balaban J connectivity index is 1.99. The minimum absolute atomic E-state index is 0.830. The molecule has 3 rings (SSSR count). The van der Waals surface area contributed by atoms with Gasteiger partial charge in [-0.3, -0.25) is 0 Å². The molecule has 1 N–H and O–H groups in total. The molecule has 0 amide bonds. The van der Waals surface area contributed by atoms with Gasteiger partial charge in [0, 0.05) is 25.0 Å². The lowest BCUT2D eigenvalue weighted by molar-refractivity contribution is 0.569. The number of para-hydroxylation sites is 1. The van der Waals surface area contributed by atoms with Crippen molar-refractivity contribution in [1.82, 2.24) is 10.3 Å². The van der Waals surface area contributed by atoms with Crippen molar-refractivity contribution in [2.75, 3.05) is 25.0 Å². The molecule has 1 atom stereocenters. The Morgan fingerprint density at radius 3 is 2.95 bits per heavy atom. The van der Waals surface area contributed by atoms with Gasteiger partial charge in [-0.25, -0.2) is 4.98 Å². The Hall–Kier alpha value is -1.61. The van der Waals surface area contributed by atoms with Crippen LogP contribution in [0.1, 0.15) is 25.3 Å². The van der Waals surface area contributed by atoms with Crippen molar-refractivity contribution in [3.63, 3.8) is 0 Å². The van der Waals surface area contributed by atoms with Gasteiger partial charge in [-0.05, 0) is 37.1 Å². The Morgan fingerprint density at radius 1 is 1.35 bits per heavy atom. The molecular weight excluding hydrogens is 246 g/mol. The molecule has 2 aromatic rings. The summed E-state index contributed by atoms with van der Waals surface area (Å²) in [5, 5.41) is 4.53. The quantitative estimate of drug-likeness (QED) is 0.924. The summed E-state index contributed by atoms with van der Waals surface area (Å²) < 4.78 is 0. The van der Waals surface area contributed by atoms with E-state index in [-0.39, 0.29) is 0 Å². The molecule has 0 bridgehead atoms. The lowest BCUT2D eigenvalue weighted by Crippen LogP contribution is -2.21. The number of pyridine rings is 1. The van der Waals surface area contributed by atoms with Crippen LogP contribution in [0.5, 0.6) is 0 Å². The van der Waals surface area contributed by atoms with Crippen molar-refractivity contribution < 1.29 is 0 Å². The normalized spacial score (nSPS) is 18.9. The second-order valence-corrected chi connectivity index (χ2v) is 5.70. The minimum atomic E-state index is 0.830.